The third kappa shape index (κ3) is 6.59. The second-order valence-corrected chi connectivity index (χ2v) is 7.65. The van der Waals surface area contributed by atoms with Crippen LogP contribution >= 0.6 is 0 Å². The van der Waals surface area contributed by atoms with E-state index in [0.29, 0.717) is 5.75 Å². The minimum atomic E-state index is -3.71. The van der Waals surface area contributed by atoms with Crippen LogP contribution in [0.5, 0.6) is 5.75 Å². The molecular formula is C19H22FNO6S. The molecule has 0 amide bonds. The van der Waals surface area contributed by atoms with Gasteiger partial charge in [-0.3, -0.25) is 0 Å². The van der Waals surface area contributed by atoms with E-state index < -0.39 is 16.0 Å². The molecule has 1 N–H and O–H groups in total. The summed E-state index contributed by atoms with van der Waals surface area (Å²) in [5.41, 5.74) is 0.214. The van der Waals surface area contributed by atoms with Crippen molar-refractivity contribution in [2.24, 2.45) is 0 Å². The molecule has 152 valence electrons. The van der Waals surface area contributed by atoms with E-state index in [4.69, 9.17) is 14.2 Å². The van der Waals surface area contributed by atoms with Gasteiger partial charge in [0, 0.05) is 13.2 Å². The van der Waals surface area contributed by atoms with Gasteiger partial charge in [0.2, 0.25) is 10.0 Å². The molecule has 28 heavy (non-hydrogen) atoms. The largest absolute Gasteiger partial charge is 0.490 e. The summed E-state index contributed by atoms with van der Waals surface area (Å²) in [4.78, 5) is 12.0. The Balaban J connectivity index is 1.84. The maximum atomic E-state index is 12.8. The monoisotopic (exact) mass is 411 g/mol. The van der Waals surface area contributed by atoms with Crippen molar-refractivity contribution in [1.82, 2.24) is 4.72 Å². The Morgan fingerprint density at radius 3 is 2.32 bits per heavy atom. The second kappa shape index (κ2) is 10.2. The maximum Gasteiger partial charge on any atom is 0.338 e. The van der Waals surface area contributed by atoms with Gasteiger partial charge in [-0.1, -0.05) is 0 Å². The molecule has 0 aliphatic heterocycles. The summed E-state index contributed by atoms with van der Waals surface area (Å²) in [6.45, 7) is 2.02. The Morgan fingerprint density at radius 1 is 1.07 bits per heavy atom. The fraction of sp³-hybridized carbons (Fsp3) is 0.316. The van der Waals surface area contributed by atoms with Gasteiger partial charge in [-0.25, -0.2) is 22.3 Å². The lowest BCUT2D eigenvalue weighted by Gasteiger charge is -2.13. The van der Waals surface area contributed by atoms with E-state index in [2.05, 4.69) is 4.72 Å². The first-order valence-corrected chi connectivity index (χ1v) is 9.97. The molecule has 0 spiro atoms. The Morgan fingerprint density at radius 2 is 1.71 bits per heavy atom. The molecule has 9 heteroatoms. The number of carbonyl (C=O) groups is 1. The summed E-state index contributed by atoms with van der Waals surface area (Å²) in [6.07, 6.45) is 0. The van der Waals surface area contributed by atoms with Crippen molar-refractivity contribution >= 4 is 16.0 Å². The fourth-order valence-corrected chi connectivity index (χ4v) is 3.52. The average molecular weight is 411 g/mol. The maximum absolute atomic E-state index is 12.8. The number of ether oxygens (including phenoxy) is 3. The summed E-state index contributed by atoms with van der Waals surface area (Å²) in [6, 6.07) is 10.5. The lowest BCUT2D eigenvalue weighted by atomic mass is 10.2. The third-order valence-electron chi connectivity index (χ3n) is 3.57. The number of hydrogen-bond acceptors (Lipinski definition) is 6. The van der Waals surface area contributed by atoms with E-state index in [-0.39, 0.29) is 42.1 Å². The van der Waals surface area contributed by atoms with Gasteiger partial charge in [0.25, 0.3) is 0 Å². The molecule has 2 aromatic rings. The van der Waals surface area contributed by atoms with Gasteiger partial charge in [0.05, 0.1) is 17.1 Å². The van der Waals surface area contributed by atoms with Crippen LogP contribution in [-0.4, -0.2) is 47.4 Å². The van der Waals surface area contributed by atoms with E-state index in [1.54, 1.807) is 6.92 Å². The quantitative estimate of drug-likeness (QED) is 0.477. The zero-order valence-corrected chi connectivity index (χ0v) is 16.4. The minimum Gasteiger partial charge on any atom is -0.490 e. The first kappa shape index (κ1) is 21.8. The van der Waals surface area contributed by atoms with Crippen LogP contribution in [0.15, 0.2) is 53.4 Å². The van der Waals surface area contributed by atoms with Crippen LogP contribution in [0, 0.1) is 5.82 Å². The number of carbonyl (C=O) groups excluding carboxylic acids is 1. The zero-order valence-electron chi connectivity index (χ0n) is 15.6. The Hall–Kier alpha value is -2.49. The summed E-state index contributed by atoms with van der Waals surface area (Å²) in [5.74, 6) is -0.512. The van der Waals surface area contributed by atoms with Crippen LogP contribution < -0.4 is 9.46 Å². The summed E-state index contributed by atoms with van der Waals surface area (Å²) < 4.78 is 55.1. The van der Waals surface area contributed by atoms with Gasteiger partial charge < -0.3 is 14.2 Å². The van der Waals surface area contributed by atoms with Crippen LogP contribution in [0.2, 0.25) is 0 Å². The smallest absolute Gasteiger partial charge is 0.338 e. The highest BCUT2D eigenvalue weighted by Crippen LogP contribution is 2.13. The number of sulfonamides is 1. The van der Waals surface area contributed by atoms with Crippen LogP contribution in [-0.2, 0) is 19.5 Å². The number of halogens is 1. The highest BCUT2D eigenvalue weighted by Gasteiger charge is 2.18. The molecule has 0 saturated heterocycles. The molecular weight excluding hydrogens is 389 g/mol. The first-order chi connectivity index (χ1) is 13.3. The van der Waals surface area contributed by atoms with Crippen molar-refractivity contribution in [3.05, 3.63) is 59.9 Å². The lowest BCUT2D eigenvalue weighted by Crippen LogP contribution is -2.35. The number of nitrogens with one attached hydrogen (secondary N) is 1. The number of methoxy groups -OCH3 is 1. The fourth-order valence-electron chi connectivity index (χ4n) is 2.30. The molecule has 7 nitrogen and oxygen atoms in total. The Labute approximate surface area is 163 Å². The molecule has 0 aliphatic carbocycles. The number of hydrogen-bond donors (Lipinski definition) is 1. The van der Waals surface area contributed by atoms with Gasteiger partial charge in [-0.2, -0.15) is 0 Å². The lowest BCUT2D eigenvalue weighted by molar-refractivity contribution is 0.0450. The molecule has 0 heterocycles. The van der Waals surface area contributed by atoms with Crippen molar-refractivity contribution in [3.8, 4) is 5.75 Å². The molecule has 0 unspecified atom stereocenters. The molecule has 0 aliphatic rings. The topological polar surface area (TPSA) is 90.9 Å². The normalized spacial score (nSPS) is 12.4. The SMILES string of the molecule is COC[C@@H](C)NS(=O)(=O)c1ccc(C(=O)OCCOc2ccc(F)cc2)cc1. The predicted octanol–water partition coefficient (Wildman–Crippen LogP) is 2.37. The van der Waals surface area contributed by atoms with Gasteiger partial charge in [-0.15, -0.1) is 0 Å². The van der Waals surface area contributed by atoms with Crippen LogP contribution in [0.1, 0.15) is 17.3 Å². The highest BCUT2D eigenvalue weighted by molar-refractivity contribution is 7.89. The molecule has 0 saturated carbocycles. The van der Waals surface area contributed by atoms with E-state index in [1.807, 2.05) is 0 Å². The molecule has 0 fully saturated rings. The zero-order chi connectivity index (χ0) is 20.6. The van der Waals surface area contributed by atoms with Crippen LogP contribution in [0.4, 0.5) is 4.39 Å². The molecule has 2 aromatic carbocycles. The predicted molar refractivity (Wildman–Crippen MR) is 100 cm³/mol. The Kier molecular flexibility index (Phi) is 7.91. The van der Waals surface area contributed by atoms with Crippen molar-refractivity contribution < 1.29 is 31.8 Å². The van der Waals surface area contributed by atoms with Crippen molar-refractivity contribution in [2.75, 3.05) is 26.9 Å². The molecule has 0 radical (unpaired) electrons. The van der Waals surface area contributed by atoms with E-state index in [1.165, 1.54) is 55.6 Å². The number of rotatable bonds is 10. The summed E-state index contributed by atoms with van der Waals surface area (Å²) in [5, 5.41) is 0. The summed E-state index contributed by atoms with van der Waals surface area (Å²) >= 11 is 0. The number of benzene rings is 2. The second-order valence-electron chi connectivity index (χ2n) is 5.94. The summed E-state index contributed by atoms with van der Waals surface area (Å²) in [7, 11) is -2.23. The first-order valence-electron chi connectivity index (χ1n) is 8.48. The minimum absolute atomic E-state index is 0.00759. The van der Waals surface area contributed by atoms with Crippen molar-refractivity contribution in [3.63, 3.8) is 0 Å². The third-order valence-corrected chi connectivity index (χ3v) is 5.18. The van der Waals surface area contributed by atoms with Gasteiger partial charge in [-0.05, 0) is 55.5 Å². The molecule has 1 atom stereocenters. The van der Waals surface area contributed by atoms with Crippen LogP contribution in [0.3, 0.4) is 0 Å². The Bertz CT molecular complexity index is 868. The average Bonchev–Trinajstić information content (AvgIpc) is 2.66. The van der Waals surface area contributed by atoms with Gasteiger partial charge >= 0.3 is 5.97 Å². The van der Waals surface area contributed by atoms with Gasteiger partial charge in [0.1, 0.15) is 24.8 Å². The van der Waals surface area contributed by atoms with Crippen molar-refractivity contribution in [1.29, 1.82) is 0 Å². The van der Waals surface area contributed by atoms with E-state index >= 15 is 0 Å². The molecule has 0 bridgehead atoms. The van der Waals surface area contributed by atoms with E-state index in [0.717, 1.165) is 0 Å². The van der Waals surface area contributed by atoms with Crippen molar-refractivity contribution in [2.45, 2.75) is 17.9 Å². The van der Waals surface area contributed by atoms with Crippen LogP contribution in [0.25, 0.3) is 0 Å². The molecule has 0 aromatic heterocycles. The molecule has 2 rings (SSSR count). The standard InChI is InChI=1S/C19H22FNO6S/c1-14(13-25-2)21-28(23,24)18-9-3-15(4-10-18)19(22)27-12-11-26-17-7-5-16(20)6-8-17/h3-10,14,21H,11-13H2,1-2H3/t14-/m1/s1. The van der Waals surface area contributed by atoms with Gasteiger partial charge in [0.15, 0.2) is 0 Å². The number of esters is 1. The highest BCUT2D eigenvalue weighted by atomic mass is 32.2. The van der Waals surface area contributed by atoms with E-state index in [9.17, 15) is 17.6 Å².